The zero-order valence-corrected chi connectivity index (χ0v) is 17.1. The van der Waals surface area contributed by atoms with Crippen LogP contribution in [0.3, 0.4) is 0 Å². The average Bonchev–Trinajstić information content (AvgIpc) is 2.81. The van der Waals surface area contributed by atoms with Crippen molar-refractivity contribution in [3.63, 3.8) is 0 Å². The van der Waals surface area contributed by atoms with Crippen molar-refractivity contribution in [2.24, 2.45) is 0 Å². The van der Waals surface area contributed by atoms with Crippen molar-refractivity contribution in [1.29, 1.82) is 0 Å². The SMILES string of the molecule is O=c1cc(-c2ccc(O)c(O)c2)oc2c(O)c(OC3OC(CO)C(O)C(O)C3O)c(O)c(O)c12. The number of hydrogen-bond acceptors (Lipinski definition) is 13. The Morgan fingerprint density at radius 3 is 2.21 bits per heavy atom. The minimum absolute atomic E-state index is 0.109. The number of aromatic hydroxyl groups is 5. The maximum absolute atomic E-state index is 12.6. The van der Waals surface area contributed by atoms with Crippen LogP contribution in [-0.2, 0) is 4.74 Å². The maximum Gasteiger partial charge on any atom is 0.229 e. The average molecular weight is 480 g/mol. The molecule has 0 radical (unpaired) electrons. The Bertz CT molecular complexity index is 1300. The van der Waals surface area contributed by atoms with Gasteiger partial charge < -0.3 is 59.8 Å². The molecule has 13 nitrogen and oxygen atoms in total. The lowest BCUT2D eigenvalue weighted by atomic mass is 9.99. The number of phenolic OH excluding ortho intramolecular Hbond substituents is 5. The van der Waals surface area contributed by atoms with Gasteiger partial charge in [0.15, 0.2) is 28.3 Å². The third kappa shape index (κ3) is 3.70. The van der Waals surface area contributed by atoms with Gasteiger partial charge in [0.1, 0.15) is 35.6 Å². The fourth-order valence-electron chi connectivity index (χ4n) is 3.54. The smallest absolute Gasteiger partial charge is 0.229 e. The summed E-state index contributed by atoms with van der Waals surface area (Å²) in [5.74, 6) is -5.22. The first-order chi connectivity index (χ1) is 16.0. The molecule has 0 aliphatic carbocycles. The minimum atomic E-state index is -1.91. The molecule has 1 aromatic heterocycles. The third-order valence-corrected chi connectivity index (χ3v) is 5.40. The zero-order valence-electron chi connectivity index (χ0n) is 17.1. The monoisotopic (exact) mass is 480 g/mol. The lowest BCUT2D eigenvalue weighted by molar-refractivity contribution is -0.277. The molecule has 0 spiro atoms. The van der Waals surface area contributed by atoms with Crippen molar-refractivity contribution >= 4 is 11.0 Å². The molecule has 1 aliphatic rings. The summed E-state index contributed by atoms with van der Waals surface area (Å²) in [7, 11) is 0. The molecule has 4 rings (SSSR count). The van der Waals surface area contributed by atoms with Crippen LogP contribution in [0.1, 0.15) is 0 Å². The van der Waals surface area contributed by atoms with E-state index in [1.807, 2.05) is 0 Å². The van der Waals surface area contributed by atoms with Gasteiger partial charge in [0.05, 0.1) is 6.61 Å². The Labute approximate surface area is 189 Å². The molecule has 0 bridgehead atoms. The Hall–Kier alpha value is -3.75. The second-order valence-corrected chi connectivity index (χ2v) is 7.57. The topological polar surface area (TPSA) is 231 Å². The van der Waals surface area contributed by atoms with Gasteiger partial charge in [0.25, 0.3) is 0 Å². The summed E-state index contributed by atoms with van der Waals surface area (Å²) in [5.41, 5.74) is -1.44. The van der Waals surface area contributed by atoms with Crippen molar-refractivity contribution in [3.8, 4) is 45.8 Å². The minimum Gasteiger partial charge on any atom is -0.504 e. The summed E-state index contributed by atoms with van der Waals surface area (Å²) in [6.07, 6.45) is -8.65. The quantitative estimate of drug-likeness (QED) is 0.164. The van der Waals surface area contributed by atoms with Crippen molar-refractivity contribution in [2.75, 3.05) is 6.61 Å². The predicted octanol–water partition coefficient (Wildman–Crippen LogP) is -0.833. The van der Waals surface area contributed by atoms with Crippen LogP contribution in [0.4, 0.5) is 0 Å². The standard InChI is InChI=1S/C21H20O13/c22-5-11-13(26)15(28)17(30)21(33-11)34-20-16(29)14(27)12-9(25)4-10(32-19(12)18(20)31)6-1-2-7(23)8(24)3-6/h1-4,11,13,15,17,21-24,26-31H,5H2. The van der Waals surface area contributed by atoms with Gasteiger partial charge in [-0.1, -0.05) is 0 Å². The molecule has 5 atom stereocenters. The Balaban J connectivity index is 1.83. The van der Waals surface area contributed by atoms with E-state index in [4.69, 9.17) is 13.9 Å². The molecule has 3 aromatic rings. The number of phenols is 5. The van der Waals surface area contributed by atoms with Gasteiger partial charge in [-0.05, 0) is 18.2 Å². The molecule has 182 valence electrons. The Morgan fingerprint density at radius 1 is 0.853 bits per heavy atom. The third-order valence-electron chi connectivity index (χ3n) is 5.40. The van der Waals surface area contributed by atoms with Crippen molar-refractivity contribution in [3.05, 3.63) is 34.5 Å². The summed E-state index contributed by atoms with van der Waals surface area (Å²) < 4.78 is 15.9. The van der Waals surface area contributed by atoms with Gasteiger partial charge in [-0.15, -0.1) is 0 Å². The fraction of sp³-hybridized carbons (Fsp3) is 0.286. The molecular weight excluding hydrogens is 460 g/mol. The maximum atomic E-state index is 12.6. The lowest BCUT2D eigenvalue weighted by Crippen LogP contribution is -2.60. The van der Waals surface area contributed by atoms with Gasteiger partial charge in [0.2, 0.25) is 23.5 Å². The fourth-order valence-corrected chi connectivity index (χ4v) is 3.54. The van der Waals surface area contributed by atoms with E-state index >= 15 is 0 Å². The van der Waals surface area contributed by atoms with Gasteiger partial charge in [-0.2, -0.15) is 0 Å². The van der Waals surface area contributed by atoms with E-state index in [0.717, 1.165) is 18.2 Å². The molecule has 9 N–H and O–H groups in total. The largest absolute Gasteiger partial charge is 0.504 e. The van der Waals surface area contributed by atoms with E-state index in [1.165, 1.54) is 6.07 Å². The molecule has 5 unspecified atom stereocenters. The van der Waals surface area contributed by atoms with Crippen LogP contribution in [0, 0.1) is 0 Å². The number of fused-ring (bicyclic) bond motifs is 1. The first-order valence-corrected chi connectivity index (χ1v) is 9.79. The van der Waals surface area contributed by atoms with Gasteiger partial charge in [0, 0.05) is 11.6 Å². The lowest BCUT2D eigenvalue weighted by Gasteiger charge is -2.39. The van der Waals surface area contributed by atoms with Crippen molar-refractivity contribution in [2.45, 2.75) is 30.7 Å². The molecule has 1 aliphatic heterocycles. The second kappa shape index (κ2) is 8.55. The van der Waals surface area contributed by atoms with Gasteiger partial charge in [-0.3, -0.25) is 4.79 Å². The van der Waals surface area contributed by atoms with E-state index in [0.29, 0.717) is 0 Å². The predicted molar refractivity (Wildman–Crippen MR) is 111 cm³/mol. The highest BCUT2D eigenvalue weighted by Gasteiger charge is 2.45. The molecule has 13 heteroatoms. The highest BCUT2D eigenvalue weighted by molar-refractivity contribution is 5.94. The molecular formula is C21H20O13. The van der Waals surface area contributed by atoms with E-state index < -0.39 is 88.2 Å². The number of rotatable bonds is 4. The first-order valence-electron chi connectivity index (χ1n) is 9.79. The first kappa shape index (κ1) is 23.4. The van der Waals surface area contributed by atoms with Crippen molar-refractivity contribution in [1.82, 2.24) is 0 Å². The molecule has 0 amide bonds. The Kier molecular flexibility index (Phi) is 5.89. The van der Waals surface area contributed by atoms with E-state index in [-0.39, 0.29) is 11.3 Å². The zero-order chi connectivity index (χ0) is 24.9. The van der Waals surface area contributed by atoms with Crippen LogP contribution in [0.2, 0.25) is 0 Å². The number of aliphatic hydroxyl groups excluding tert-OH is 4. The Morgan fingerprint density at radius 2 is 1.56 bits per heavy atom. The van der Waals surface area contributed by atoms with Crippen LogP contribution >= 0.6 is 0 Å². The number of ether oxygens (including phenoxy) is 2. The van der Waals surface area contributed by atoms with E-state index in [9.17, 15) is 50.8 Å². The molecule has 0 saturated carbocycles. The normalized spacial score (nSPS) is 24.9. The number of benzene rings is 2. The molecule has 34 heavy (non-hydrogen) atoms. The summed E-state index contributed by atoms with van der Waals surface area (Å²) in [4.78, 5) is 12.6. The van der Waals surface area contributed by atoms with Crippen LogP contribution < -0.4 is 10.2 Å². The molecule has 1 fully saturated rings. The second-order valence-electron chi connectivity index (χ2n) is 7.57. The summed E-state index contributed by atoms with van der Waals surface area (Å²) in [5, 5.41) is 89.2. The summed E-state index contributed by atoms with van der Waals surface area (Å²) >= 11 is 0. The molecule has 2 heterocycles. The van der Waals surface area contributed by atoms with Crippen LogP contribution in [0.5, 0.6) is 34.5 Å². The number of hydrogen-bond donors (Lipinski definition) is 9. The van der Waals surface area contributed by atoms with E-state index in [2.05, 4.69) is 0 Å². The molecule has 1 saturated heterocycles. The summed E-state index contributed by atoms with van der Waals surface area (Å²) in [6.45, 7) is -0.774. The molecule has 2 aromatic carbocycles. The van der Waals surface area contributed by atoms with E-state index in [1.54, 1.807) is 0 Å². The van der Waals surface area contributed by atoms with Crippen LogP contribution in [0.25, 0.3) is 22.3 Å². The van der Waals surface area contributed by atoms with Crippen LogP contribution in [0.15, 0.2) is 33.5 Å². The van der Waals surface area contributed by atoms with Gasteiger partial charge in [-0.25, -0.2) is 0 Å². The van der Waals surface area contributed by atoms with Crippen molar-refractivity contribution < 1.29 is 59.8 Å². The highest BCUT2D eigenvalue weighted by Crippen LogP contribution is 2.50. The number of aliphatic hydroxyl groups is 4. The summed E-state index contributed by atoms with van der Waals surface area (Å²) in [6, 6.07) is 4.39. The van der Waals surface area contributed by atoms with Gasteiger partial charge >= 0.3 is 0 Å². The highest BCUT2D eigenvalue weighted by atomic mass is 16.7. The van der Waals surface area contributed by atoms with Crippen LogP contribution in [-0.4, -0.2) is 83.3 Å².